The van der Waals surface area contributed by atoms with Crippen molar-refractivity contribution < 1.29 is 8.78 Å². The van der Waals surface area contributed by atoms with Gasteiger partial charge in [-0.15, -0.1) is 11.3 Å². The van der Waals surface area contributed by atoms with Gasteiger partial charge in [0.1, 0.15) is 28.3 Å². The molecule has 1 heterocycles. The second-order valence-electron chi connectivity index (χ2n) is 6.77. The van der Waals surface area contributed by atoms with Crippen molar-refractivity contribution in [3.8, 4) is 17.3 Å². The molecule has 0 spiro atoms. The first-order valence-corrected chi connectivity index (χ1v) is 9.71. The molecule has 3 rings (SSSR count). The number of anilines is 1. The Kier molecular flexibility index (Phi) is 6.17. The zero-order valence-corrected chi connectivity index (χ0v) is 16.4. The quantitative estimate of drug-likeness (QED) is 0.501. The summed E-state index contributed by atoms with van der Waals surface area (Å²) in [6.07, 6.45) is 2.40. The molecule has 142 valence electrons. The van der Waals surface area contributed by atoms with Crippen LogP contribution in [-0.4, -0.2) is 4.98 Å². The molecule has 0 amide bonds. The molecule has 3 nitrogen and oxygen atoms in total. The van der Waals surface area contributed by atoms with E-state index in [0.717, 1.165) is 29.8 Å². The van der Waals surface area contributed by atoms with E-state index >= 15 is 0 Å². The van der Waals surface area contributed by atoms with Crippen LogP contribution in [0.25, 0.3) is 16.8 Å². The van der Waals surface area contributed by atoms with E-state index in [2.05, 4.69) is 42.4 Å². The number of benzene rings is 2. The van der Waals surface area contributed by atoms with Gasteiger partial charge in [-0.1, -0.05) is 38.1 Å². The maximum atomic E-state index is 13.7. The Hall–Kier alpha value is -3.04. The van der Waals surface area contributed by atoms with Crippen LogP contribution in [0.1, 0.15) is 24.4 Å². The lowest BCUT2D eigenvalue weighted by Gasteiger charge is -2.05. The van der Waals surface area contributed by atoms with Crippen molar-refractivity contribution in [1.29, 1.82) is 5.26 Å². The molecule has 1 N–H and O–H groups in total. The van der Waals surface area contributed by atoms with E-state index in [9.17, 15) is 14.0 Å². The summed E-state index contributed by atoms with van der Waals surface area (Å²) in [7, 11) is 0. The first kappa shape index (κ1) is 19.7. The maximum absolute atomic E-state index is 13.7. The molecule has 0 aliphatic heterocycles. The number of halogens is 2. The van der Waals surface area contributed by atoms with Crippen LogP contribution >= 0.6 is 11.3 Å². The van der Waals surface area contributed by atoms with E-state index in [1.165, 1.54) is 29.2 Å². The Bertz CT molecular complexity index is 1030. The molecule has 3 aromatic rings. The Labute approximate surface area is 167 Å². The van der Waals surface area contributed by atoms with Crippen LogP contribution in [0.3, 0.4) is 0 Å². The largest absolute Gasteiger partial charge is 0.358 e. The third-order valence-electron chi connectivity index (χ3n) is 4.05. The van der Waals surface area contributed by atoms with Gasteiger partial charge in [-0.25, -0.2) is 13.8 Å². The predicted octanol–water partition coefficient (Wildman–Crippen LogP) is 6.26. The second kappa shape index (κ2) is 8.77. The first-order valence-electron chi connectivity index (χ1n) is 8.83. The minimum absolute atomic E-state index is 0.0895. The van der Waals surface area contributed by atoms with Crippen molar-refractivity contribution in [2.75, 3.05) is 5.32 Å². The maximum Gasteiger partial charge on any atom is 0.149 e. The normalized spacial score (nSPS) is 11.5. The van der Waals surface area contributed by atoms with E-state index < -0.39 is 11.6 Å². The van der Waals surface area contributed by atoms with Crippen molar-refractivity contribution in [2.45, 2.75) is 20.3 Å². The Morgan fingerprint density at radius 3 is 2.61 bits per heavy atom. The number of thiazole rings is 1. The highest BCUT2D eigenvalue weighted by molar-refractivity contribution is 7.11. The van der Waals surface area contributed by atoms with Gasteiger partial charge in [-0.3, -0.25) is 0 Å². The molecule has 0 aliphatic carbocycles. The molecule has 0 atom stereocenters. The minimum Gasteiger partial charge on any atom is -0.358 e. The van der Waals surface area contributed by atoms with Crippen LogP contribution in [0.2, 0.25) is 0 Å². The fraction of sp³-hybridized carbons (Fsp3) is 0.182. The van der Waals surface area contributed by atoms with E-state index in [1.807, 2.05) is 17.5 Å². The number of hydrogen-bond acceptors (Lipinski definition) is 4. The molecule has 0 saturated heterocycles. The standard InChI is InChI=1S/C22H19F2N3S/c1-14(2)9-15-3-5-16(6-4-15)21-13-28-22(27-21)17(11-25)12-26-20-8-7-18(23)10-19(20)24/h3-8,10,12-14,26H,9H2,1-2H3. The molecule has 28 heavy (non-hydrogen) atoms. The highest BCUT2D eigenvalue weighted by Gasteiger charge is 2.10. The summed E-state index contributed by atoms with van der Waals surface area (Å²) in [5.41, 5.74) is 3.40. The summed E-state index contributed by atoms with van der Waals surface area (Å²) in [6, 6.07) is 13.5. The van der Waals surface area contributed by atoms with Crippen molar-refractivity contribution >= 4 is 22.6 Å². The highest BCUT2D eigenvalue weighted by Crippen LogP contribution is 2.27. The molecule has 0 unspecified atom stereocenters. The van der Waals surface area contributed by atoms with Gasteiger partial charge in [-0.05, 0) is 30.0 Å². The average Bonchev–Trinajstić information content (AvgIpc) is 3.14. The molecule has 6 heteroatoms. The highest BCUT2D eigenvalue weighted by atomic mass is 32.1. The smallest absolute Gasteiger partial charge is 0.149 e. The van der Waals surface area contributed by atoms with Gasteiger partial charge in [0.25, 0.3) is 0 Å². The van der Waals surface area contributed by atoms with Gasteiger partial charge >= 0.3 is 0 Å². The molecule has 0 bridgehead atoms. The van der Waals surface area contributed by atoms with E-state index in [-0.39, 0.29) is 11.3 Å². The lowest BCUT2D eigenvalue weighted by Crippen LogP contribution is -1.95. The summed E-state index contributed by atoms with van der Waals surface area (Å²) in [5, 5.41) is 14.5. The zero-order chi connectivity index (χ0) is 20.1. The fourth-order valence-electron chi connectivity index (χ4n) is 2.71. The first-order chi connectivity index (χ1) is 13.5. The van der Waals surface area contributed by atoms with Crippen molar-refractivity contribution in [2.24, 2.45) is 5.92 Å². The lowest BCUT2D eigenvalue weighted by molar-refractivity contribution is 0.586. The molecule has 0 fully saturated rings. The molecular weight excluding hydrogens is 376 g/mol. The number of aromatic nitrogens is 1. The molecule has 0 radical (unpaired) electrons. The second-order valence-corrected chi connectivity index (χ2v) is 7.63. The van der Waals surface area contributed by atoms with Gasteiger partial charge in [-0.2, -0.15) is 5.26 Å². The van der Waals surface area contributed by atoms with Gasteiger partial charge in [0, 0.05) is 23.2 Å². The molecule has 0 aliphatic rings. The van der Waals surface area contributed by atoms with Crippen molar-refractivity contribution in [3.63, 3.8) is 0 Å². The van der Waals surface area contributed by atoms with Gasteiger partial charge in [0.15, 0.2) is 0 Å². The summed E-state index contributed by atoms with van der Waals surface area (Å²) in [6.45, 7) is 4.37. The SMILES string of the molecule is CC(C)Cc1ccc(-c2csc(C(C#N)=CNc3ccc(F)cc3F)n2)cc1. The Balaban J connectivity index is 1.78. The van der Waals surface area contributed by atoms with E-state index in [4.69, 9.17) is 0 Å². The summed E-state index contributed by atoms with van der Waals surface area (Å²) < 4.78 is 26.7. The fourth-order valence-corrected chi connectivity index (χ4v) is 3.51. The monoisotopic (exact) mass is 395 g/mol. The van der Waals surface area contributed by atoms with E-state index in [1.54, 1.807) is 0 Å². The number of rotatable bonds is 6. The molecular formula is C22H19F2N3S. The number of nitrogens with one attached hydrogen (secondary N) is 1. The zero-order valence-electron chi connectivity index (χ0n) is 15.5. The number of hydrogen-bond donors (Lipinski definition) is 1. The lowest BCUT2D eigenvalue weighted by atomic mass is 10.0. The van der Waals surface area contributed by atoms with Crippen molar-refractivity contribution in [1.82, 2.24) is 4.98 Å². The van der Waals surface area contributed by atoms with Crippen LogP contribution in [0, 0.1) is 28.9 Å². The van der Waals surface area contributed by atoms with Gasteiger partial charge in [0.2, 0.25) is 0 Å². The molecule has 2 aromatic carbocycles. The molecule has 0 saturated carbocycles. The van der Waals surface area contributed by atoms with Crippen LogP contribution < -0.4 is 5.32 Å². The van der Waals surface area contributed by atoms with Crippen LogP contribution in [-0.2, 0) is 6.42 Å². The van der Waals surface area contributed by atoms with Crippen molar-refractivity contribution in [3.05, 3.63) is 76.3 Å². The van der Waals surface area contributed by atoms with Crippen LogP contribution in [0.5, 0.6) is 0 Å². The minimum atomic E-state index is -0.727. The van der Waals surface area contributed by atoms with Gasteiger partial charge in [0.05, 0.1) is 11.4 Å². The number of nitrogens with zero attached hydrogens (tertiary/aromatic N) is 2. The summed E-state index contributed by atoms with van der Waals surface area (Å²) in [4.78, 5) is 4.53. The van der Waals surface area contributed by atoms with Gasteiger partial charge < -0.3 is 5.32 Å². The number of allylic oxidation sites excluding steroid dienone is 1. The topological polar surface area (TPSA) is 48.7 Å². The molecule has 1 aromatic heterocycles. The number of nitriles is 1. The summed E-state index contributed by atoms with van der Waals surface area (Å²) in [5.74, 6) is -0.787. The average molecular weight is 395 g/mol. The van der Waals surface area contributed by atoms with Crippen LogP contribution in [0.15, 0.2) is 54.0 Å². The Morgan fingerprint density at radius 2 is 1.96 bits per heavy atom. The third kappa shape index (κ3) is 4.81. The third-order valence-corrected chi connectivity index (χ3v) is 4.93. The predicted molar refractivity (Wildman–Crippen MR) is 110 cm³/mol. The van der Waals surface area contributed by atoms with E-state index in [0.29, 0.717) is 10.9 Å². The van der Waals surface area contributed by atoms with Crippen LogP contribution in [0.4, 0.5) is 14.5 Å². The Morgan fingerprint density at radius 1 is 1.21 bits per heavy atom. The summed E-state index contributed by atoms with van der Waals surface area (Å²) >= 11 is 1.34.